The Morgan fingerprint density at radius 3 is 2.30 bits per heavy atom. The lowest BCUT2D eigenvalue weighted by molar-refractivity contribution is 0.0739. The van der Waals surface area contributed by atoms with Crippen LogP contribution in [0.3, 0.4) is 0 Å². The third kappa shape index (κ3) is 7.38. The Morgan fingerprint density at radius 1 is 0.837 bits per heavy atom. The van der Waals surface area contributed by atoms with Gasteiger partial charge in [0.1, 0.15) is 10.6 Å². The van der Waals surface area contributed by atoms with Crippen molar-refractivity contribution >= 4 is 113 Å². The molecule has 0 aliphatic carbocycles. The highest BCUT2D eigenvalue weighted by molar-refractivity contribution is 9.10. The van der Waals surface area contributed by atoms with Gasteiger partial charge in [0.25, 0.3) is 11.8 Å². The number of carbonyl (C=O) groups excluding carboxylic acids is 3. The third-order valence-corrected chi connectivity index (χ3v) is 8.82. The Kier molecular flexibility index (Phi) is 9.71. The number of thiophene rings is 1. The first-order valence-electron chi connectivity index (χ1n) is 12.2. The molecule has 0 saturated carbocycles. The monoisotopic (exact) mass is 733 g/mol. The molecule has 0 bridgehead atoms. The van der Waals surface area contributed by atoms with Gasteiger partial charge < -0.3 is 10.1 Å². The maximum absolute atomic E-state index is 13.0. The number of nitrogens with zero attached hydrogens (tertiary/aromatic N) is 1. The van der Waals surface area contributed by atoms with Crippen molar-refractivity contribution < 1.29 is 19.1 Å². The number of amides is 2. The fourth-order valence-electron chi connectivity index (χ4n) is 3.83. The van der Waals surface area contributed by atoms with Crippen LogP contribution in [0.25, 0.3) is 10.1 Å². The van der Waals surface area contributed by atoms with Gasteiger partial charge in [-0.3, -0.25) is 9.59 Å². The average Bonchev–Trinajstić information content (AvgIpc) is 3.29. The first kappa shape index (κ1) is 31.0. The largest absolute Gasteiger partial charge is 0.422 e. The number of halogens is 5. The number of hydrogen-bond donors (Lipinski definition) is 2. The molecule has 0 radical (unpaired) electrons. The summed E-state index contributed by atoms with van der Waals surface area (Å²) in [6.45, 7) is 0. The minimum absolute atomic E-state index is 0.207. The molecule has 13 heteroatoms. The zero-order valence-electron chi connectivity index (χ0n) is 21.5. The van der Waals surface area contributed by atoms with Crippen molar-refractivity contribution in [3.05, 3.63) is 125 Å². The minimum atomic E-state index is -0.645. The van der Waals surface area contributed by atoms with E-state index < -0.39 is 17.8 Å². The van der Waals surface area contributed by atoms with Crippen LogP contribution in [0.1, 0.15) is 36.0 Å². The van der Waals surface area contributed by atoms with Crippen LogP contribution in [0.5, 0.6) is 5.75 Å². The number of carbonyl (C=O) groups is 3. The first-order valence-corrected chi connectivity index (χ1v) is 15.3. The molecule has 0 aliphatic rings. The van der Waals surface area contributed by atoms with Gasteiger partial charge in [-0.05, 0) is 72.8 Å². The van der Waals surface area contributed by atoms with Crippen LogP contribution in [0.4, 0.5) is 5.69 Å². The molecule has 43 heavy (non-hydrogen) atoms. The molecule has 4 aromatic carbocycles. The van der Waals surface area contributed by atoms with E-state index in [0.29, 0.717) is 36.7 Å². The number of rotatable bonds is 7. The average molecular weight is 736 g/mol. The van der Waals surface area contributed by atoms with E-state index in [1.54, 1.807) is 54.6 Å². The SMILES string of the molecule is O=C(N/N=C\c1cc(Br)ccc1OC(=O)c1sc2cc(Cl)ccc2c1Cl)c1ccc(NC(=O)c2ccc(Cl)cc2Cl)cc1. The third-order valence-electron chi connectivity index (χ3n) is 5.90. The molecule has 0 atom stereocenters. The highest BCUT2D eigenvalue weighted by Crippen LogP contribution is 2.37. The predicted molar refractivity (Wildman–Crippen MR) is 177 cm³/mol. The Bertz CT molecular complexity index is 1930. The lowest BCUT2D eigenvalue weighted by Crippen LogP contribution is -2.18. The van der Waals surface area contributed by atoms with Gasteiger partial charge >= 0.3 is 5.97 Å². The summed E-state index contributed by atoms with van der Waals surface area (Å²) in [7, 11) is 0. The lowest BCUT2D eigenvalue weighted by atomic mass is 10.1. The van der Waals surface area contributed by atoms with Crippen molar-refractivity contribution in [3.8, 4) is 5.75 Å². The fourth-order valence-corrected chi connectivity index (χ4v) is 6.37. The Balaban J connectivity index is 1.24. The van der Waals surface area contributed by atoms with E-state index in [9.17, 15) is 14.4 Å². The molecule has 5 aromatic rings. The molecule has 216 valence electrons. The second kappa shape index (κ2) is 13.5. The standard InChI is InChI=1S/C30H16BrCl4N3O4S/c31-17-3-10-24(42-30(41)27-26(35)22-9-5-19(33)13-25(22)43-27)16(11-17)14-36-38-28(39)15-1-6-20(7-2-15)37-29(40)21-8-4-18(32)12-23(21)34/h1-14H,(H,37,40)(H,38,39)/b36-14-. The van der Waals surface area contributed by atoms with E-state index in [1.807, 2.05) is 0 Å². The summed E-state index contributed by atoms with van der Waals surface area (Å²) in [5, 5.41) is 8.87. The molecule has 7 nitrogen and oxygen atoms in total. The Hall–Kier alpha value is -3.44. The van der Waals surface area contributed by atoms with Gasteiger partial charge in [0, 0.05) is 41.4 Å². The summed E-state index contributed by atoms with van der Waals surface area (Å²) in [4.78, 5) is 38.4. The van der Waals surface area contributed by atoms with Crippen molar-refractivity contribution in [2.24, 2.45) is 5.10 Å². The van der Waals surface area contributed by atoms with Gasteiger partial charge in [-0.15, -0.1) is 11.3 Å². The zero-order chi connectivity index (χ0) is 30.7. The van der Waals surface area contributed by atoms with Crippen LogP contribution < -0.4 is 15.5 Å². The summed E-state index contributed by atoms with van der Waals surface area (Å²) < 4.78 is 7.10. The van der Waals surface area contributed by atoms with Gasteiger partial charge in [0.05, 0.1) is 21.8 Å². The number of nitrogens with one attached hydrogen (secondary N) is 2. The van der Waals surface area contributed by atoms with E-state index in [2.05, 4.69) is 31.8 Å². The topological polar surface area (TPSA) is 96.9 Å². The number of esters is 1. The highest BCUT2D eigenvalue weighted by atomic mass is 79.9. The number of benzene rings is 4. The second-order valence-corrected chi connectivity index (χ2v) is 12.4. The van der Waals surface area contributed by atoms with Crippen LogP contribution in [-0.2, 0) is 0 Å². The summed E-state index contributed by atoms with van der Waals surface area (Å²) in [6.07, 6.45) is 1.35. The van der Waals surface area contributed by atoms with Crippen LogP contribution >= 0.6 is 73.7 Å². The smallest absolute Gasteiger partial charge is 0.355 e. The van der Waals surface area contributed by atoms with Gasteiger partial charge in [0.15, 0.2) is 0 Å². The van der Waals surface area contributed by atoms with E-state index in [1.165, 1.54) is 41.8 Å². The lowest BCUT2D eigenvalue weighted by Gasteiger charge is -2.08. The van der Waals surface area contributed by atoms with E-state index >= 15 is 0 Å². The van der Waals surface area contributed by atoms with Crippen LogP contribution in [0, 0.1) is 0 Å². The Morgan fingerprint density at radius 2 is 1.56 bits per heavy atom. The molecule has 1 aromatic heterocycles. The Labute approximate surface area is 277 Å². The molecule has 0 unspecified atom stereocenters. The highest BCUT2D eigenvalue weighted by Gasteiger charge is 2.20. The van der Waals surface area contributed by atoms with E-state index in [-0.39, 0.29) is 26.2 Å². The normalized spacial score (nSPS) is 11.1. The summed E-state index contributed by atoms with van der Waals surface area (Å²) in [5.74, 6) is -1.36. The maximum atomic E-state index is 13.0. The number of hydrazone groups is 1. The molecule has 2 amide bonds. The van der Waals surface area contributed by atoms with Gasteiger partial charge in [-0.1, -0.05) is 68.4 Å². The van der Waals surface area contributed by atoms with Crippen molar-refractivity contribution in [1.82, 2.24) is 5.43 Å². The summed E-state index contributed by atoms with van der Waals surface area (Å²) in [5.41, 5.74) is 3.86. The van der Waals surface area contributed by atoms with E-state index in [4.69, 9.17) is 51.1 Å². The van der Waals surface area contributed by atoms with Crippen LogP contribution in [0.15, 0.2) is 88.4 Å². The molecule has 1 heterocycles. The minimum Gasteiger partial charge on any atom is -0.422 e. The van der Waals surface area contributed by atoms with Crippen LogP contribution in [0.2, 0.25) is 20.1 Å². The molecule has 0 spiro atoms. The quantitative estimate of drug-likeness (QED) is 0.0753. The van der Waals surface area contributed by atoms with Crippen molar-refractivity contribution in [2.45, 2.75) is 0 Å². The van der Waals surface area contributed by atoms with Crippen molar-refractivity contribution in [2.75, 3.05) is 5.32 Å². The number of ether oxygens (including phenoxy) is 1. The van der Waals surface area contributed by atoms with E-state index in [0.717, 1.165) is 4.70 Å². The van der Waals surface area contributed by atoms with Gasteiger partial charge in [-0.2, -0.15) is 5.10 Å². The molecular formula is C30H16BrCl4N3O4S. The zero-order valence-corrected chi connectivity index (χ0v) is 26.9. The summed E-state index contributed by atoms with van der Waals surface area (Å²) >= 11 is 29.1. The number of anilines is 1. The number of hydrogen-bond acceptors (Lipinski definition) is 6. The van der Waals surface area contributed by atoms with Crippen LogP contribution in [-0.4, -0.2) is 24.0 Å². The van der Waals surface area contributed by atoms with Gasteiger partial charge in [-0.25, -0.2) is 10.2 Å². The van der Waals surface area contributed by atoms with Crippen molar-refractivity contribution in [1.29, 1.82) is 0 Å². The number of fused-ring (bicyclic) bond motifs is 1. The van der Waals surface area contributed by atoms with Gasteiger partial charge in [0.2, 0.25) is 0 Å². The maximum Gasteiger partial charge on any atom is 0.355 e. The molecule has 0 fully saturated rings. The molecule has 2 N–H and O–H groups in total. The summed E-state index contributed by atoms with van der Waals surface area (Å²) in [6, 6.07) is 20.9. The second-order valence-electron chi connectivity index (χ2n) is 8.81. The van der Waals surface area contributed by atoms with Crippen molar-refractivity contribution in [3.63, 3.8) is 0 Å². The first-order chi connectivity index (χ1) is 20.6. The molecule has 5 rings (SSSR count). The fraction of sp³-hybridized carbons (Fsp3) is 0. The predicted octanol–water partition coefficient (Wildman–Crippen LogP) is 9.51. The molecule has 0 saturated heterocycles. The molecule has 0 aliphatic heterocycles. The molecular weight excluding hydrogens is 720 g/mol.